The minimum Gasteiger partial charge on any atom is -0.368 e. The largest absolute Gasteiger partial charge is 0.368 e. The Hall–Kier alpha value is -3.05. The number of nitrogens with two attached hydrogens (primary N) is 1. The Kier molecular flexibility index (Phi) is 6.66. The molecule has 0 aliphatic heterocycles. The van der Waals surface area contributed by atoms with Gasteiger partial charge in [-0.05, 0) is 41.7 Å². The van der Waals surface area contributed by atoms with Crippen molar-refractivity contribution in [2.24, 2.45) is 5.73 Å². The maximum absolute atomic E-state index is 12.3. The van der Waals surface area contributed by atoms with E-state index in [2.05, 4.69) is 14.9 Å². The summed E-state index contributed by atoms with van der Waals surface area (Å²) >= 11 is 0. The van der Waals surface area contributed by atoms with Crippen LogP contribution < -0.4 is 5.73 Å². The maximum atomic E-state index is 12.3. The van der Waals surface area contributed by atoms with E-state index in [1.54, 1.807) is 12.4 Å². The van der Waals surface area contributed by atoms with Crippen molar-refractivity contribution in [3.8, 4) is 0 Å². The first kappa shape index (κ1) is 18.7. The van der Waals surface area contributed by atoms with E-state index in [9.17, 15) is 4.79 Å². The third kappa shape index (κ3) is 5.46. The van der Waals surface area contributed by atoms with E-state index < -0.39 is 6.04 Å². The zero-order chi connectivity index (χ0) is 18.9. The minimum absolute atomic E-state index is 0.335. The van der Waals surface area contributed by atoms with Crippen LogP contribution in [0, 0.1) is 0 Å². The molecule has 0 spiro atoms. The highest BCUT2D eigenvalue weighted by atomic mass is 16.1. The normalized spacial score (nSPS) is 12.0. The molecule has 3 rings (SSSR count). The molecule has 138 valence electrons. The molecule has 0 saturated heterocycles. The number of nitrogens with zero attached hydrogens (tertiary/aromatic N) is 3. The number of carbonyl (C=O) groups excluding carboxylic acids is 1. The molecule has 1 aromatic carbocycles. The molecule has 1 unspecified atom stereocenters. The standard InChI is InChI=1S/C22H24N4O/c23-22(27)21(20-8-2-1-3-9-20)26(14-10-18-6-4-12-24-16-18)15-11-19-7-5-13-25-17-19/h1-9,12-13,16-17,21H,10-11,14-15H2,(H2,23,27). The number of carbonyl (C=O) groups is 1. The van der Waals surface area contributed by atoms with Gasteiger partial charge in [-0.2, -0.15) is 0 Å². The van der Waals surface area contributed by atoms with Gasteiger partial charge in [0.2, 0.25) is 5.91 Å². The van der Waals surface area contributed by atoms with Gasteiger partial charge >= 0.3 is 0 Å². The number of aromatic nitrogens is 2. The van der Waals surface area contributed by atoms with Crippen LogP contribution in [-0.2, 0) is 17.6 Å². The molecule has 0 aliphatic carbocycles. The summed E-state index contributed by atoms with van der Waals surface area (Å²) in [7, 11) is 0. The number of hydrogen-bond donors (Lipinski definition) is 1. The Labute approximate surface area is 159 Å². The first-order chi connectivity index (χ1) is 13.2. The first-order valence-corrected chi connectivity index (χ1v) is 9.10. The summed E-state index contributed by atoms with van der Waals surface area (Å²) < 4.78 is 0. The Bertz CT molecular complexity index is 781. The average molecular weight is 360 g/mol. The van der Waals surface area contributed by atoms with Gasteiger partial charge < -0.3 is 5.73 Å². The summed E-state index contributed by atoms with van der Waals surface area (Å²) in [5.41, 5.74) is 9.00. The number of pyridine rings is 2. The van der Waals surface area contributed by atoms with Crippen LogP contribution in [0.4, 0.5) is 0 Å². The molecule has 5 heteroatoms. The van der Waals surface area contributed by atoms with Gasteiger partial charge in [0.15, 0.2) is 0 Å². The topological polar surface area (TPSA) is 72.1 Å². The summed E-state index contributed by atoms with van der Waals surface area (Å²) in [5, 5.41) is 0. The lowest BCUT2D eigenvalue weighted by Crippen LogP contribution is -2.40. The van der Waals surface area contributed by atoms with Gasteiger partial charge in [0, 0.05) is 37.9 Å². The van der Waals surface area contributed by atoms with Crippen molar-refractivity contribution in [3.05, 3.63) is 96.1 Å². The highest BCUT2D eigenvalue weighted by Gasteiger charge is 2.25. The fraction of sp³-hybridized carbons (Fsp3) is 0.227. The molecule has 2 N–H and O–H groups in total. The molecule has 0 bridgehead atoms. The summed E-state index contributed by atoms with van der Waals surface area (Å²) in [6.45, 7) is 1.43. The fourth-order valence-electron chi connectivity index (χ4n) is 3.20. The van der Waals surface area contributed by atoms with Gasteiger partial charge in [-0.1, -0.05) is 42.5 Å². The molecule has 3 aromatic rings. The van der Waals surface area contributed by atoms with Crippen molar-refractivity contribution >= 4 is 5.91 Å². The molecule has 2 aromatic heterocycles. The van der Waals surface area contributed by atoms with E-state index in [0.29, 0.717) is 13.1 Å². The van der Waals surface area contributed by atoms with Gasteiger partial charge in [0.1, 0.15) is 6.04 Å². The Morgan fingerprint density at radius 1 is 0.852 bits per heavy atom. The fourth-order valence-corrected chi connectivity index (χ4v) is 3.20. The van der Waals surface area contributed by atoms with Crippen molar-refractivity contribution in [3.63, 3.8) is 0 Å². The quantitative estimate of drug-likeness (QED) is 0.637. The predicted octanol–water partition coefficient (Wildman–Crippen LogP) is 2.79. The van der Waals surface area contributed by atoms with Crippen LogP contribution in [0.25, 0.3) is 0 Å². The SMILES string of the molecule is NC(=O)C(c1ccccc1)N(CCc1cccnc1)CCc1cccnc1. The highest BCUT2D eigenvalue weighted by Crippen LogP contribution is 2.21. The van der Waals surface area contributed by atoms with Crippen molar-refractivity contribution in [2.45, 2.75) is 18.9 Å². The second-order valence-electron chi connectivity index (χ2n) is 6.47. The third-order valence-electron chi connectivity index (χ3n) is 4.57. The summed E-state index contributed by atoms with van der Waals surface area (Å²) in [4.78, 5) is 22.8. The predicted molar refractivity (Wildman–Crippen MR) is 106 cm³/mol. The van der Waals surface area contributed by atoms with Crippen molar-refractivity contribution in [2.75, 3.05) is 13.1 Å². The lowest BCUT2D eigenvalue weighted by atomic mass is 10.0. The van der Waals surface area contributed by atoms with Crippen LogP contribution in [-0.4, -0.2) is 33.9 Å². The number of benzene rings is 1. The number of hydrogen-bond acceptors (Lipinski definition) is 4. The first-order valence-electron chi connectivity index (χ1n) is 9.10. The number of rotatable bonds is 9. The third-order valence-corrected chi connectivity index (χ3v) is 4.57. The van der Waals surface area contributed by atoms with Gasteiger partial charge in [0.05, 0.1) is 0 Å². The highest BCUT2D eigenvalue weighted by molar-refractivity contribution is 5.81. The smallest absolute Gasteiger partial charge is 0.239 e. The monoisotopic (exact) mass is 360 g/mol. The Morgan fingerprint density at radius 3 is 1.85 bits per heavy atom. The molecule has 5 nitrogen and oxygen atoms in total. The van der Waals surface area contributed by atoms with Gasteiger partial charge in [-0.15, -0.1) is 0 Å². The maximum Gasteiger partial charge on any atom is 0.239 e. The Morgan fingerprint density at radius 2 is 1.41 bits per heavy atom. The molecular formula is C22H24N4O. The molecule has 1 amide bonds. The van der Waals surface area contributed by atoms with Crippen LogP contribution in [0.15, 0.2) is 79.4 Å². The zero-order valence-corrected chi connectivity index (χ0v) is 15.2. The van der Waals surface area contributed by atoms with E-state index in [0.717, 1.165) is 29.5 Å². The van der Waals surface area contributed by atoms with E-state index in [4.69, 9.17) is 5.73 Å². The molecule has 2 heterocycles. The average Bonchev–Trinajstić information content (AvgIpc) is 2.72. The lowest BCUT2D eigenvalue weighted by Gasteiger charge is -2.30. The molecule has 0 aliphatic rings. The molecular weight excluding hydrogens is 336 g/mol. The van der Waals surface area contributed by atoms with Gasteiger partial charge in [-0.25, -0.2) is 0 Å². The van der Waals surface area contributed by atoms with E-state index in [-0.39, 0.29) is 5.91 Å². The summed E-state index contributed by atoms with van der Waals surface area (Å²) in [6, 6.07) is 17.2. The van der Waals surface area contributed by atoms with Crippen LogP contribution in [0.1, 0.15) is 22.7 Å². The lowest BCUT2D eigenvalue weighted by molar-refractivity contribution is -0.123. The van der Waals surface area contributed by atoms with Crippen LogP contribution >= 0.6 is 0 Å². The van der Waals surface area contributed by atoms with E-state index >= 15 is 0 Å². The van der Waals surface area contributed by atoms with Crippen molar-refractivity contribution in [1.82, 2.24) is 14.9 Å². The molecule has 0 fully saturated rings. The van der Waals surface area contributed by atoms with Crippen LogP contribution in [0.3, 0.4) is 0 Å². The molecule has 0 radical (unpaired) electrons. The van der Waals surface area contributed by atoms with E-state index in [1.807, 2.05) is 67.0 Å². The van der Waals surface area contributed by atoms with Crippen molar-refractivity contribution in [1.29, 1.82) is 0 Å². The molecule has 27 heavy (non-hydrogen) atoms. The Balaban J connectivity index is 1.79. The minimum atomic E-state index is -0.459. The van der Waals surface area contributed by atoms with Crippen LogP contribution in [0.2, 0.25) is 0 Å². The second kappa shape index (κ2) is 9.59. The van der Waals surface area contributed by atoms with Gasteiger partial charge in [-0.3, -0.25) is 19.7 Å². The summed E-state index contributed by atoms with van der Waals surface area (Å²) in [5.74, 6) is -0.335. The van der Waals surface area contributed by atoms with E-state index in [1.165, 1.54) is 0 Å². The number of primary amides is 1. The molecule has 1 atom stereocenters. The zero-order valence-electron chi connectivity index (χ0n) is 15.2. The van der Waals surface area contributed by atoms with Crippen LogP contribution in [0.5, 0.6) is 0 Å². The summed E-state index contributed by atoms with van der Waals surface area (Å²) in [6.07, 6.45) is 8.86. The van der Waals surface area contributed by atoms with Crippen molar-refractivity contribution < 1.29 is 4.79 Å². The number of amides is 1. The second-order valence-corrected chi connectivity index (χ2v) is 6.47. The molecule has 0 saturated carbocycles. The van der Waals surface area contributed by atoms with Gasteiger partial charge in [0.25, 0.3) is 0 Å².